The standard InChI is InChI=1S/C8H6ClN3O2/c1-4-6(12(13)14)3-2-5-7(4)11-8(9)10-5/h2-3H,1H3,(H,10,11). The Morgan fingerprint density at radius 2 is 2.29 bits per heavy atom. The van der Waals surface area contributed by atoms with Crippen LogP contribution in [0, 0.1) is 17.0 Å². The Hall–Kier alpha value is -1.62. The van der Waals surface area contributed by atoms with Gasteiger partial charge in [0, 0.05) is 6.07 Å². The second kappa shape index (κ2) is 2.95. The molecule has 0 aliphatic heterocycles. The fourth-order valence-corrected chi connectivity index (χ4v) is 1.56. The van der Waals surface area contributed by atoms with Gasteiger partial charge in [0.25, 0.3) is 5.69 Å². The highest BCUT2D eigenvalue weighted by Crippen LogP contribution is 2.26. The van der Waals surface area contributed by atoms with E-state index in [1.165, 1.54) is 6.07 Å². The first-order chi connectivity index (χ1) is 6.59. The Bertz CT molecular complexity index is 521. The van der Waals surface area contributed by atoms with Gasteiger partial charge in [-0.15, -0.1) is 0 Å². The zero-order valence-corrected chi connectivity index (χ0v) is 8.00. The lowest BCUT2D eigenvalue weighted by molar-refractivity contribution is -0.385. The van der Waals surface area contributed by atoms with Gasteiger partial charge in [-0.1, -0.05) is 0 Å². The van der Waals surface area contributed by atoms with Gasteiger partial charge >= 0.3 is 0 Å². The van der Waals surface area contributed by atoms with E-state index < -0.39 is 4.92 Å². The van der Waals surface area contributed by atoms with Gasteiger partial charge in [0.2, 0.25) is 5.28 Å². The van der Waals surface area contributed by atoms with Crippen LogP contribution in [0.1, 0.15) is 5.56 Å². The average molecular weight is 212 g/mol. The molecule has 6 heteroatoms. The van der Waals surface area contributed by atoms with Crippen molar-refractivity contribution in [2.75, 3.05) is 0 Å². The molecule has 0 fully saturated rings. The maximum Gasteiger partial charge on any atom is 0.274 e. The first-order valence-corrected chi connectivity index (χ1v) is 4.26. The molecule has 1 heterocycles. The minimum Gasteiger partial charge on any atom is -0.329 e. The summed E-state index contributed by atoms with van der Waals surface area (Å²) in [6.45, 7) is 1.65. The third-order valence-electron chi connectivity index (χ3n) is 2.05. The number of aromatic nitrogens is 2. The second-order valence-electron chi connectivity index (χ2n) is 2.89. The molecule has 2 aromatic rings. The Morgan fingerprint density at radius 3 is 2.93 bits per heavy atom. The van der Waals surface area contributed by atoms with Crippen molar-refractivity contribution in [1.82, 2.24) is 9.97 Å². The van der Waals surface area contributed by atoms with Gasteiger partial charge in [0.15, 0.2) is 0 Å². The fraction of sp³-hybridized carbons (Fsp3) is 0.125. The first-order valence-electron chi connectivity index (χ1n) is 3.89. The quantitative estimate of drug-likeness (QED) is 0.582. The highest BCUT2D eigenvalue weighted by molar-refractivity contribution is 6.29. The molecule has 1 aromatic heterocycles. The highest BCUT2D eigenvalue weighted by Gasteiger charge is 2.15. The van der Waals surface area contributed by atoms with Crippen molar-refractivity contribution in [2.24, 2.45) is 0 Å². The third-order valence-corrected chi connectivity index (χ3v) is 2.23. The smallest absolute Gasteiger partial charge is 0.274 e. The van der Waals surface area contributed by atoms with Crippen molar-refractivity contribution in [1.29, 1.82) is 0 Å². The first kappa shape index (κ1) is 8.96. The van der Waals surface area contributed by atoms with Crippen molar-refractivity contribution in [3.05, 3.63) is 33.1 Å². The van der Waals surface area contributed by atoms with E-state index in [2.05, 4.69) is 9.97 Å². The van der Waals surface area contributed by atoms with Gasteiger partial charge in [-0.2, -0.15) is 0 Å². The van der Waals surface area contributed by atoms with Crippen LogP contribution in [0.25, 0.3) is 11.0 Å². The number of nitro benzene ring substituents is 1. The van der Waals surface area contributed by atoms with Crippen LogP contribution in [0.5, 0.6) is 0 Å². The molecule has 0 amide bonds. The number of benzene rings is 1. The van der Waals surface area contributed by atoms with Crippen LogP contribution in [-0.2, 0) is 0 Å². The van der Waals surface area contributed by atoms with E-state index in [4.69, 9.17) is 11.6 Å². The van der Waals surface area contributed by atoms with Gasteiger partial charge < -0.3 is 4.98 Å². The number of imidazole rings is 1. The average Bonchev–Trinajstić information content (AvgIpc) is 2.46. The van der Waals surface area contributed by atoms with Crippen molar-refractivity contribution in [3.8, 4) is 0 Å². The van der Waals surface area contributed by atoms with Crippen molar-refractivity contribution < 1.29 is 4.92 Å². The molecule has 0 unspecified atom stereocenters. The number of aromatic amines is 1. The fourth-order valence-electron chi connectivity index (χ4n) is 1.37. The molecular weight excluding hydrogens is 206 g/mol. The summed E-state index contributed by atoms with van der Waals surface area (Å²) in [6, 6.07) is 3.03. The summed E-state index contributed by atoms with van der Waals surface area (Å²) in [5, 5.41) is 10.8. The Balaban J connectivity index is 2.80. The van der Waals surface area contributed by atoms with Gasteiger partial charge in [-0.25, -0.2) is 4.98 Å². The van der Waals surface area contributed by atoms with Crippen molar-refractivity contribution >= 4 is 28.3 Å². The second-order valence-corrected chi connectivity index (χ2v) is 3.25. The number of aryl methyl sites for hydroxylation is 1. The minimum absolute atomic E-state index is 0.0562. The lowest BCUT2D eigenvalue weighted by atomic mass is 10.1. The van der Waals surface area contributed by atoms with E-state index >= 15 is 0 Å². The Labute approximate surface area is 83.9 Å². The molecule has 1 aromatic carbocycles. The van der Waals surface area contributed by atoms with E-state index in [-0.39, 0.29) is 11.0 Å². The SMILES string of the molecule is Cc1c([N+](=O)[O-])ccc2[nH]c(Cl)nc12. The predicted molar refractivity (Wildman–Crippen MR) is 52.5 cm³/mol. The van der Waals surface area contributed by atoms with Crippen LogP contribution in [0.15, 0.2) is 12.1 Å². The number of hydrogen-bond acceptors (Lipinski definition) is 3. The molecule has 0 atom stereocenters. The number of nitrogens with one attached hydrogen (secondary N) is 1. The zero-order valence-electron chi connectivity index (χ0n) is 7.24. The summed E-state index contributed by atoms with van der Waals surface area (Å²) in [4.78, 5) is 16.9. The van der Waals surface area contributed by atoms with Crippen LogP contribution in [-0.4, -0.2) is 14.9 Å². The number of H-pyrrole nitrogens is 1. The predicted octanol–water partition coefficient (Wildman–Crippen LogP) is 2.43. The topological polar surface area (TPSA) is 71.8 Å². The molecule has 1 N–H and O–H groups in total. The number of hydrogen-bond donors (Lipinski definition) is 1. The van der Waals surface area contributed by atoms with Gasteiger partial charge in [-0.3, -0.25) is 10.1 Å². The van der Waals surface area contributed by atoms with Gasteiger partial charge in [0.1, 0.15) is 0 Å². The molecule has 5 nitrogen and oxygen atoms in total. The molecule has 0 aliphatic rings. The summed E-state index contributed by atoms with van der Waals surface area (Å²) in [5.41, 5.74) is 1.83. The molecule has 0 saturated carbocycles. The van der Waals surface area contributed by atoms with Crippen LogP contribution in [0.3, 0.4) is 0 Å². The molecule has 0 bridgehead atoms. The van der Waals surface area contributed by atoms with E-state index in [9.17, 15) is 10.1 Å². The van der Waals surface area contributed by atoms with Crippen molar-refractivity contribution in [2.45, 2.75) is 6.92 Å². The molecule has 14 heavy (non-hydrogen) atoms. The zero-order chi connectivity index (χ0) is 10.3. The minimum atomic E-state index is -0.433. The summed E-state index contributed by atoms with van der Waals surface area (Å²) >= 11 is 5.65. The summed E-state index contributed by atoms with van der Waals surface area (Å²) < 4.78 is 0. The number of nitrogens with zero attached hydrogens (tertiary/aromatic N) is 2. The van der Waals surface area contributed by atoms with E-state index in [1.807, 2.05) is 0 Å². The van der Waals surface area contributed by atoms with Crippen LogP contribution in [0.4, 0.5) is 5.69 Å². The van der Waals surface area contributed by atoms with E-state index in [1.54, 1.807) is 13.0 Å². The Kier molecular flexibility index (Phi) is 1.89. The molecule has 0 spiro atoms. The van der Waals surface area contributed by atoms with Gasteiger partial charge in [-0.05, 0) is 24.6 Å². The van der Waals surface area contributed by atoms with E-state index in [0.717, 1.165) is 0 Å². The highest BCUT2D eigenvalue weighted by atomic mass is 35.5. The lowest BCUT2D eigenvalue weighted by Gasteiger charge is -1.96. The largest absolute Gasteiger partial charge is 0.329 e. The lowest BCUT2D eigenvalue weighted by Crippen LogP contribution is -1.91. The molecule has 0 saturated heterocycles. The Morgan fingerprint density at radius 1 is 1.57 bits per heavy atom. The molecule has 2 rings (SSSR count). The molecule has 72 valence electrons. The van der Waals surface area contributed by atoms with E-state index in [0.29, 0.717) is 16.6 Å². The number of nitro groups is 1. The molecular formula is C8H6ClN3O2. The summed E-state index contributed by atoms with van der Waals surface area (Å²) in [7, 11) is 0. The maximum atomic E-state index is 10.6. The number of halogens is 1. The maximum absolute atomic E-state index is 10.6. The third kappa shape index (κ3) is 1.22. The normalized spacial score (nSPS) is 10.7. The number of fused-ring (bicyclic) bond motifs is 1. The van der Waals surface area contributed by atoms with Crippen LogP contribution < -0.4 is 0 Å². The summed E-state index contributed by atoms with van der Waals surface area (Å²) in [6.07, 6.45) is 0. The van der Waals surface area contributed by atoms with Crippen LogP contribution in [0.2, 0.25) is 5.28 Å². The van der Waals surface area contributed by atoms with Crippen LogP contribution >= 0.6 is 11.6 Å². The summed E-state index contributed by atoms with van der Waals surface area (Å²) in [5.74, 6) is 0. The van der Waals surface area contributed by atoms with Crippen molar-refractivity contribution in [3.63, 3.8) is 0 Å². The number of rotatable bonds is 1. The monoisotopic (exact) mass is 211 g/mol. The molecule has 0 radical (unpaired) electrons. The van der Waals surface area contributed by atoms with Gasteiger partial charge in [0.05, 0.1) is 21.5 Å². The molecule has 0 aliphatic carbocycles.